The highest BCUT2D eigenvalue weighted by Crippen LogP contribution is 2.20. The van der Waals surface area contributed by atoms with Crippen molar-refractivity contribution >= 4 is 5.96 Å². The maximum atomic E-state index is 5.43. The van der Waals surface area contributed by atoms with E-state index in [0.717, 1.165) is 23.8 Å². The van der Waals surface area contributed by atoms with E-state index in [-0.39, 0.29) is 5.41 Å². The second kappa shape index (κ2) is 8.69. The molecule has 0 atom stereocenters. The first-order chi connectivity index (χ1) is 12.3. The minimum atomic E-state index is -0.167. The quantitative estimate of drug-likeness (QED) is 0.631. The molecule has 26 heavy (non-hydrogen) atoms. The molecule has 0 aliphatic carbocycles. The summed E-state index contributed by atoms with van der Waals surface area (Å²) in [6.07, 6.45) is 0. The summed E-state index contributed by atoms with van der Waals surface area (Å²) >= 11 is 0. The molecule has 1 aromatic heterocycles. The van der Waals surface area contributed by atoms with E-state index in [1.165, 1.54) is 0 Å². The Morgan fingerprint density at radius 2 is 2.04 bits per heavy atom. The number of ether oxygens (including phenoxy) is 1. The number of benzene rings is 1. The lowest BCUT2D eigenvalue weighted by atomic mass is 9.97. The van der Waals surface area contributed by atoms with Gasteiger partial charge >= 0.3 is 0 Å². The van der Waals surface area contributed by atoms with Crippen molar-refractivity contribution in [3.05, 3.63) is 41.5 Å². The van der Waals surface area contributed by atoms with Crippen LogP contribution in [0.2, 0.25) is 0 Å². The van der Waals surface area contributed by atoms with Gasteiger partial charge in [0.2, 0.25) is 5.89 Å². The fraction of sp³-hybridized carbons (Fsp3) is 0.526. The number of aromatic nitrogens is 2. The molecule has 0 saturated carbocycles. The Morgan fingerprint density at radius 3 is 2.65 bits per heavy atom. The minimum absolute atomic E-state index is 0.167. The van der Waals surface area contributed by atoms with Crippen molar-refractivity contribution in [2.24, 2.45) is 4.99 Å². The van der Waals surface area contributed by atoms with E-state index >= 15 is 0 Å². The molecule has 1 heterocycles. The fourth-order valence-corrected chi connectivity index (χ4v) is 2.40. The van der Waals surface area contributed by atoms with E-state index in [1.807, 2.05) is 63.9 Å². The van der Waals surface area contributed by atoms with E-state index in [0.29, 0.717) is 24.8 Å². The molecule has 0 spiro atoms. The molecule has 7 heteroatoms. The number of rotatable bonds is 6. The summed E-state index contributed by atoms with van der Waals surface area (Å²) in [4.78, 5) is 11.1. The summed E-state index contributed by atoms with van der Waals surface area (Å²) in [6.45, 7) is 9.97. The lowest BCUT2D eigenvalue weighted by Gasteiger charge is -2.22. The van der Waals surface area contributed by atoms with Crippen molar-refractivity contribution in [2.45, 2.75) is 46.2 Å². The number of hydrogen-bond acceptors (Lipinski definition) is 5. The van der Waals surface area contributed by atoms with Crippen molar-refractivity contribution in [2.75, 3.05) is 20.7 Å². The van der Waals surface area contributed by atoms with E-state index in [9.17, 15) is 0 Å². The highest BCUT2D eigenvalue weighted by atomic mass is 16.5. The topological polar surface area (TPSA) is 75.8 Å². The van der Waals surface area contributed by atoms with E-state index < -0.39 is 0 Å². The first-order valence-electron chi connectivity index (χ1n) is 8.79. The van der Waals surface area contributed by atoms with Crippen LogP contribution in [0.5, 0.6) is 5.75 Å². The van der Waals surface area contributed by atoms with Crippen molar-refractivity contribution in [1.82, 2.24) is 20.4 Å². The monoisotopic (exact) mass is 359 g/mol. The largest absolute Gasteiger partial charge is 0.496 e. The van der Waals surface area contributed by atoms with Crippen LogP contribution in [0, 0.1) is 0 Å². The molecule has 0 bridgehead atoms. The summed E-state index contributed by atoms with van der Waals surface area (Å²) in [5.41, 5.74) is 0.929. The summed E-state index contributed by atoms with van der Waals surface area (Å²) in [5, 5.41) is 7.32. The van der Waals surface area contributed by atoms with Crippen LogP contribution < -0.4 is 10.1 Å². The van der Waals surface area contributed by atoms with Gasteiger partial charge in [0.05, 0.1) is 7.11 Å². The molecule has 0 aliphatic rings. The number of hydrogen-bond donors (Lipinski definition) is 1. The van der Waals surface area contributed by atoms with Gasteiger partial charge in [-0.2, -0.15) is 4.98 Å². The molecule has 0 aliphatic heterocycles. The third-order valence-corrected chi connectivity index (χ3v) is 3.78. The van der Waals surface area contributed by atoms with Gasteiger partial charge in [0.25, 0.3) is 0 Å². The van der Waals surface area contributed by atoms with E-state index in [2.05, 4.69) is 20.4 Å². The number of nitrogens with zero attached hydrogens (tertiary/aromatic N) is 4. The molecule has 0 amide bonds. The van der Waals surface area contributed by atoms with Crippen LogP contribution in [0.25, 0.3) is 0 Å². The van der Waals surface area contributed by atoms with Gasteiger partial charge in [-0.3, -0.25) is 0 Å². The highest BCUT2D eigenvalue weighted by molar-refractivity contribution is 5.79. The van der Waals surface area contributed by atoms with Crippen molar-refractivity contribution in [3.8, 4) is 5.75 Å². The highest BCUT2D eigenvalue weighted by Gasteiger charge is 2.21. The Hall–Kier alpha value is -2.57. The Bertz CT molecular complexity index is 734. The molecule has 0 fully saturated rings. The average Bonchev–Trinajstić information content (AvgIpc) is 3.08. The molecule has 0 saturated heterocycles. The molecule has 0 radical (unpaired) electrons. The predicted octanol–water partition coefficient (Wildman–Crippen LogP) is 2.97. The molecule has 2 aromatic rings. The Labute approximate surface area is 155 Å². The van der Waals surface area contributed by atoms with Crippen molar-refractivity contribution < 1.29 is 9.26 Å². The van der Waals surface area contributed by atoms with Crippen LogP contribution in [0.3, 0.4) is 0 Å². The standard InChI is InChI=1S/C19H29N5O2/c1-7-20-18(21-12-16-22-17(26-23-16)19(2,3)4)24(5)13-14-10-8-9-11-15(14)25-6/h8-11H,7,12-13H2,1-6H3,(H,20,21). The lowest BCUT2D eigenvalue weighted by Crippen LogP contribution is -2.38. The Balaban J connectivity index is 2.11. The number of aliphatic imine (C=N–C) groups is 1. The number of para-hydroxylation sites is 1. The van der Waals surface area contributed by atoms with Gasteiger partial charge < -0.3 is 19.5 Å². The van der Waals surface area contributed by atoms with Gasteiger partial charge in [0.15, 0.2) is 11.8 Å². The van der Waals surface area contributed by atoms with Crippen LogP contribution in [-0.2, 0) is 18.5 Å². The Morgan fingerprint density at radius 1 is 1.31 bits per heavy atom. The fourth-order valence-electron chi connectivity index (χ4n) is 2.40. The van der Waals surface area contributed by atoms with E-state index in [1.54, 1.807) is 7.11 Å². The first kappa shape index (κ1) is 19.8. The maximum absolute atomic E-state index is 5.43. The molecule has 1 aromatic carbocycles. The van der Waals surface area contributed by atoms with E-state index in [4.69, 9.17) is 9.26 Å². The second-order valence-electron chi connectivity index (χ2n) is 7.10. The molecular weight excluding hydrogens is 330 g/mol. The lowest BCUT2D eigenvalue weighted by molar-refractivity contribution is 0.318. The maximum Gasteiger partial charge on any atom is 0.232 e. The molecule has 2 rings (SSSR count). The Kier molecular flexibility index (Phi) is 6.60. The normalized spacial score (nSPS) is 12.2. The molecule has 1 N–H and O–H groups in total. The van der Waals surface area contributed by atoms with Gasteiger partial charge in [-0.05, 0) is 13.0 Å². The smallest absolute Gasteiger partial charge is 0.232 e. The van der Waals surface area contributed by atoms with Gasteiger partial charge in [-0.25, -0.2) is 4.99 Å². The molecular formula is C19H29N5O2. The summed E-state index contributed by atoms with van der Waals surface area (Å²) in [7, 11) is 3.67. The van der Waals surface area contributed by atoms with Crippen LogP contribution in [0.15, 0.2) is 33.8 Å². The molecule has 0 unspecified atom stereocenters. The summed E-state index contributed by atoms with van der Waals surface area (Å²) < 4.78 is 10.8. The van der Waals surface area contributed by atoms with Gasteiger partial charge in [-0.15, -0.1) is 0 Å². The van der Waals surface area contributed by atoms with Crippen LogP contribution in [0.4, 0.5) is 0 Å². The molecule has 7 nitrogen and oxygen atoms in total. The van der Waals surface area contributed by atoms with Crippen LogP contribution in [0.1, 0.15) is 45.0 Å². The van der Waals surface area contributed by atoms with Crippen LogP contribution in [-0.4, -0.2) is 41.7 Å². The zero-order valence-corrected chi connectivity index (χ0v) is 16.5. The predicted molar refractivity (Wildman–Crippen MR) is 102 cm³/mol. The SMILES string of the molecule is CCNC(=NCc1noc(C(C)(C)C)n1)N(C)Cc1ccccc1OC. The van der Waals surface area contributed by atoms with Crippen LogP contribution >= 0.6 is 0 Å². The number of nitrogens with one attached hydrogen (secondary N) is 1. The van der Waals surface area contributed by atoms with Gasteiger partial charge in [-0.1, -0.05) is 44.1 Å². The van der Waals surface area contributed by atoms with Crippen molar-refractivity contribution in [3.63, 3.8) is 0 Å². The third kappa shape index (κ3) is 5.21. The summed E-state index contributed by atoms with van der Waals surface area (Å²) in [5.74, 6) is 2.84. The summed E-state index contributed by atoms with van der Waals surface area (Å²) in [6, 6.07) is 7.97. The van der Waals surface area contributed by atoms with Gasteiger partial charge in [0.1, 0.15) is 12.3 Å². The minimum Gasteiger partial charge on any atom is -0.496 e. The third-order valence-electron chi connectivity index (χ3n) is 3.78. The number of guanidine groups is 1. The average molecular weight is 359 g/mol. The number of methoxy groups -OCH3 is 1. The first-order valence-corrected chi connectivity index (χ1v) is 8.79. The zero-order chi connectivity index (χ0) is 19.2. The second-order valence-corrected chi connectivity index (χ2v) is 7.10. The zero-order valence-electron chi connectivity index (χ0n) is 16.5. The van der Waals surface area contributed by atoms with Crippen molar-refractivity contribution in [1.29, 1.82) is 0 Å². The van der Waals surface area contributed by atoms with Gasteiger partial charge in [0, 0.05) is 31.1 Å². The molecule has 142 valence electrons.